The highest BCUT2D eigenvalue weighted by atomic mass is 32.1. The first-order chi connectivity index (χ1) is 16.1. The van der Waals surface area contributed by atoms with Crippen LogP contribution in [0.2, 0.25) is 0 Å². The monoisotopic (exact) mass is 476 g/mol. The number of rotatable bonds is 10. The van der Waals surface area contributed by atoms with Crippen LogP contribution in [0, 0.1) is 19.3 Å². The van der Waals surface area contributed by atoms with Crippen molar-refractivity contribution < 1.29 is 9.53 Å². The lowest BCUT2D eigenvalue weighted by Crippen LogP contribution is -2.25. The molecule has 0 unspecified atom stereocenters. The summed E-state index contributed by atoms with van der Waals surface area (Å²) < 4.78 is 6.14. The van der Waals surface area contributed by atoms with Crippen LogP contribution in [0.4, 0.5) is 0 Å². The van der Waals surface area contributed by atoms with Gasteiger partial charge in [0.2, 0.25) is 0 Å². The Kier molecular flexibility index (Phi) is 8.41. The van der Waals surface area contributed by atoms with Gasteiger partial charge in [-0.3, -0.25) is 4.79 Å². The summed E-state index contributed by atoms with van der Waals surface area (Å²) >= 11 is 1.90. The summed E-state index contributed by atoms with van der Waals surface area (Å²) in [7, 11) is 0. The van der Waals surface area contributed by atoms with E-state index in [1.807, 2.05) is 50.3 Å². The molecule has 0 amide bonds. The molecule has 3 aromatic rings. The van der Waals surface area contributed by atoms with Gasteiger partial charge in [-0.2, -0.15) is 0 Å². The second-order valence-electron chi connectivity index (χ2n) is 10.4. The number of carbonyl (C=O) groups is 1. The molecule has 0 aliphatic rings. The van der Waals surface area contributed by atoms with E-state index in [-0.39, 0.29) is 10.8 Å². The maximum Gasteiger partial charge on any atom is 0.138 e. The Balaban J connectivity index is 1.84. The first kappa shape index (κ1) is 26.2. The molecule has 0 bridgehead atoms. The number of aryl methyl sites for hydroxylation is 3. The smallest absolute Gasteiger partial charge is 0.138 e. The van der Waals surface area contributed by atoms with Crippen molar-refractivity contribution in [2.45, 2.75) is 86.2 Å². The van der Waals surface area contributed by atoms with Crippen molar-refractivity contribution in [3.8, 4) is 5.75 Å². The predicted molar refractivity (Wildman–Crippen MR) is 145 cm³/mol. The van der Waals surface area contributed by atoms with E-state index in [0.29, 0.717) is 18.8 Å². The number of hydrogen-bond donors (Lipinski definition) is 0. The second-order valence-corrected chi connectivity index (χ2v) is 11.6. The molecule has 0 saturated heterocycles. The van der Waals surface area contributed by atoms with Crippen LogP contribution in [-0.2, 0) is 23.2 Å². The van der Waals surface area contributed by atoms with Crippen LogP contribution in [0.15, 0.2) is 54.6 Å². The topological polar surface area (TPSA) is 26.3 Å². The van der Waals surface area contributed by atoms with Gasteiger partial charge in [-0.25, -0.2) is 0 Å². The third-order valence-electron chi connectivity index (χ3n) is 7.08. The number of Topliss-reactive ketones (excluding diaryl/α,β-unsaturated/α-hetero) is 1. The zero-order valence-corrected chi connectivity index (χ0v) is 22.8. The average Bonchev–Trinajstić information content (AvgIpc) is 3.18. The molecule has 1 aromatic heterocycles. The van der Waals surface area contributed by atoms with Crippen molar-refractivity contribution in [3.63, 3.8) is 0 Å². The van der Waals surface area contributed by atoms with Gasteiger partial charge in [-0.05, 0) is 67.5 Å². The molecule has 0 aliphatic heterocycles. The lowest BCUT2D eigenvalue weighted by Gasteiger charge is -2.32. The van der Waals surface area contributed by atoms with Crippen LogP contribution in [0.1, 0.15) is 85.9 Å². The Hall–Kier alpha value is -2.39. The van der Waals surface area contributed by atoms with Gasteiger partial charge in [0.1, 0.15) is 18.1 Å². The highest BCUT2D eigenvalue weighted by Gasteiger charge is 2.33. The summed E-state index contributed by atoms with van der Waals surface area (Å²) in [6, 6.07) is 19.4. The zero-order chi connectivity index (χ0) is 24.9. The van der Waals surface area contributed by atoms with Gasteiger partial charge < -0.3 is 4.74 Å². The van der Waals surface area contributed by atoms with Crippen molar-refractivity contribution in [2.75, 3.05) is 0 Å². The minimum Gasteiger partial charge on any atom is -0.489 e. The number of ether oxygens (including phenoxy) is 1. The molecular formula is C31H40O2S. The SMILES string of the molecule is CCC(CC)(c1ccc(OCc2ccccc2)c(C)c1)c1cc(C)c(CCC(=O)C(C)(C)C)s1. The summed E-state index contributed by atoms with van der Waals surface area (Å²) in [5.41, 5.74) is 4.71. The summed E-state index contributed by atoms with van der Waals surface area (Å²) in [6.07, 6.45) is 3.52. The van der Waals surface area contributed by atoms with Gasteiger partial charge in [0.25, 0.3) is 0 Å². The fourth-order valence-electron chi connectivity index (χ4n) is 4.60. The Morgan fingerprint density at radius 2 is 1.59 bits per heavy atom. The lowest BCUT2D eigenvalue weighted by molar-refractivity contribution is -0.126. The van der Waals surface area contributed by atoms with E-state index in [4.69, 9.17) is 4.74 Å². The molecule has 0 atom stereocenters. The Bertz CT molecular complexity index is 1100. The van der Waals surface area contributed by atoms with E-state index in [0.717, 1.165) is 25.0 Å². The predicted octanol–water partition coefficient (Wildman–Crippen LogP) is 8.60. The Morgan fingerprint density at radius 1 is 0.912 bits per heavy atom. The molecule has 1 heterocycles. The molecule has 0 N–H and O–H groups in total. The van der Waals surface area contributed by atoms with Crippen LogP contribution >= 0.6 is 11.3 Å². The fraction of sp³-hybridized carbons (Fsp3) is 0.452. The molecular weight excluding hydrogens is 436 g/mol. The van der Waals surface area contributed by atoms with Gasteiger partial charge >= 0.3 is 0 Å². The second kappa shape index (κ2) is 10.9. The molecule has 2 aromatic carbocycles. The largest absolute Gasteiger partial charge is 0.489 e. The van der Waals surface area contributed by atoms with Crippen molar-refractivity contribution in [1.82, 2.24) is 0 Å². The molecule has 0 aliphatic carbocycles. The normalized spacial score (nSPS) is 12.1. The van der Waals surface area contributed by atoms with E-state index < -0.39 is 0 Å². The van der Waals surface area contributed by atoms with Crippen LogP contribution < -0.4 is 4.74 Å². The number of benzene rings is 2. The maximum absolute atomic E-state index is 12.5. The highest BCUT2D eigenvalue weighted by Crippen LogP contribution is 2.44. The van der Waals surface area contributed by atoms with Gasteiger partial charge in [0.15, 0.2) is 0 Å². The van der Waals surface area contributed by atoms with Crippen molar-refractivity contribution >= 4 is 17.1 Å². The number of carbonyl (C=O) groups excluding carboxylic acids is 1. The first-order valence-corrected chi connectivity index (χ1v) is 13.3. The van der Waals surface area contributed by atoms with Crippen molar-refractivity contribution in [3.05, 3.63) is 86.6 Å². The van der Waals surface area contributed by atoms with Gasteiger partial charge in [-0.1, -0.05) is 77.1 Å². The van der Waals surface area contributed by atoms with Crippen molar-refractivity contribution in [2.24, 2.45) is 5.41 Å². The molecule has 34 heavy (non-hydrogen) atoms. The fourth-order valence-corrected chi connectivity index (χ4v) is 6.13. The summed E-state index contributed by atoms with van der Waals surface area (Å²) in [6.45, 7) is 15.5. The van der Waals surface area contributed by atoms with Gasteiger partial charge in [0, 0.05) is 27.0 Å². The van der Waals surface area contributed by atoms with Crippen LogP contribution in [-0.4, -0.2) is 5.78 Å². The van der Waals surface area contributed by atoms with Crippen LogP contribution in [0.25, 0.3) is 0 Å². The maximum atomic E-state index is 12.5. The third kappa shape index (κ3) is 5.81. The van der Waals surface area contributed by atoms with Crippen LogP contribution in [0.5, 0.6) is 5.75 Å². The van der Waals surface area contributed by atoms with E-state index in [9.17, 15) is 4.79 Å². The molecule has 3 rings (SSSR count). The molecule has 0 spiro atoms. The Morgan fingerprint density at radius 3 is 2.18 bits per heavy atom. The third-order valence-corrected chi connectivity index (χ3v) is 8.58. The van der Waals surface area contributed by atoms with E-state index in [1.54, 1.807) is 0 Å². The molecule has 0 saturated carbocycles. The molecule has 3 heteroatoms. The quantitative estimate of drug-likeness (QED) is 0.293. The minimum atomic E-state index is -0.271. The van der Waals surface area contributed by atoms with Crippen molar-refractivity contribution in [1.29, 1.82) is 0 Å². The zero-order valence-electron chi connectivity index (χ0n) is 22.0. The van der Waals surface area contributed by atoms with Crippen LogP contribution in [0.3, 0.4) is 0 Å². The summed E-state index contributed by atoms with van der Waals surface area (Å²) in [5, 5.41) is 0. The van der Waals surface area contributed by atoms with E-state index >= 15 is 0 Å². The average molecular weight is 477 g/mol. The number of ketones is 1. The van der Waals surface area contributed by atoms with E-state index in [2.05, 4.69) is 64.1 Å². The highest BCUT2D eigenvalue weighted by molar-refractivity contribution is 7.12. The standard InChI is InChI=1S/C31H40O2S/c1-8-31(9-2,29-20-23(4)27(34-29)17-18-28(32)30(5,6)7)25-15-16-26(22(3)19-25)33-21-24-13-11-10-12-14-24/h10-16,19-20H,8-9,17-18,21H2,1-7H3. The Labute approximate surface area is 210 Å². The van der Waals surface area contributed by atoms with E-state index in [1.165, 1.54) is 32.0 Å². The van der Waals surface area contributed by atoms with Gasteiger partial charge in [-0.15, -0.1) is 11.3 Å². The first-order valence-electron chi connectivity index (χ1n) is 12.5. The number of hydrogen-bond acceptors (Lipinski definition) is 3. The molecule has 182 valence electrons. The molecule has 2 nitrogen and oxygen atoms in total. The lowest BCUT2D eigenvalue weighted by atomic mass is 9.74. The summed E-state index contributed by atoms with van der Waals surface area (Å²) in [5.74, 6) is 1.28. The summed E-state index contributed by atoms with van der Waals surface area (Å²) in [4.78, 5) is 15.2. The number of thiophene rings is 1. The molecule has 0 fully saturated rings. The molecule has 0 radical (unpaired) electrons. The van der Waals surface area contributed by atoms with Gasteiger partial charge in [0.05, 0.1) is 0 Å². The minimum absolute atomic E-state index is 0.0234.